The van der Waals surface area contributed by atoms with Gasteiger partial charge in [0.05, 0.1) is 26.2 Å². The maximum Gasteiger partial charge on any atom is 0.0757 e. The average Bonchev–Trinajstić information content (AvgIpc) is 1.95. The lowest BCUT2D eigenvalue weighted by Crippen LogP contribution is -2.47. The van der Waals surface area contributed by atoms with Gasteiger partial charge in [-0.15, -0.1) is 0 Å². The van der Waals surface area contributed by atoms with Crippen LogP contribution in [0.4, 0.5) is 0 Å². The summed E-state index contributed by atoms with van der Waals surface area (Å²) in [5.41, 5.74) is 0. The smallest absolute Gasteiger partial charge is 0.0757 e. The minimum absolute atomic E-state index is 0. The first-order valence-corrected chi connectivity index (χ1v) is 4.09. The Morgan fingerprint density at radius 1 is 0.778 bits per heavy atom. The third-order valence-electron chi connectivity index (χ3n) is 2.68. The molecule has 1 nitrogen and oxygen atoms in total. The predicted molar refractivity (Wildman–Crippen MR) is 43.5 cm³/mol. The highest BCUT2D eigenvalue weighted by Crippen LogP contribution is 2.03. The Hall–Kier alpha value is -0.0400. The molecule has 0 bridgehead atoms. The lowest BCUT2D eigenvalue weighted by atomic mass is 10.3. The van der Waals surface area contributed by atoms with Crippen LogP contribution in [0.25, 0.3) is 0 Å². The summed E-state index contributed by atoms with van der Waals surface area (Å²) in [6, 6.07) is 0. The highest BCUT2D eigenvalue weighted by molar-refractivity contribution is 4.31. The van der Waals surface area contributed by atoms with Gasteiger partial charge >= 0.3 is 0 Å². The minimum Gasteiger partial charge on any atom is -0.325 e. The molecule has 0 unspecified atom stereocenters. The van der Waals surface area contributed by atoms with Crippen molar-refractivity contribution in [3.05, 3.63) is 0 Å². The van der Waals surface area contributed by atoms with Crippen LogP contribution in [0.3, 0.4) is 0 Å². The Morgan fingerprint density at radius 3 is 1.00 bits per heavy atom. The summed E-state index contributed by atoms with van der Waals surface area (Å²) in [5.74, 6) is 0. The molecule has 0 spiro atoms. The van der Waals surface area contributed by atoms with Crippen molar-refractivity contribution in [2.75, 3.05) is 26.2 Å². The van der Waals surface area contributed by atoms with Crippen molar-refractivity contribution < 1.29 is 5.91 Å². The van der Waals surface area contributed by atoms with Crippen molar-refractivity contribution in [2.45, 2.75) is 27.7 Å². The van der Waals surface area contributed by atoms with Crippen LogP contribution in [0, 0.1) is 0 Å². The van der Waals surface area contributed by atoms with Crippen molar-refractivity contribution in [1.29, 1.82) is 0 Å². The van der Waals surface area contributed by atoms with E-state index in [-0.39, 0.29) is 1.43 Å². The number of nitrogens with zero attached hydrogens (tertiary/aromatic N) is 1. The monoisotopic (exact) mass is 131 g/mol. The molecule has 9 heavy (non-hydrogen) atoms. The van der Waals surface area contributed by atoms with Gasteiger partial charge in [0.1, 0.15) is 0 Å². The molecule has 0 aromatic rings. The summed E-state index contributed by atoms with van der Waals surface area (Å²) in [6.45, 7) is 14.2. The average molecular weight is 131 g/mol. The van der Waals surface area contributed by atoms with E-state index in [2.05, 4.69) is 27.7 Å². The third-order valence-corrected chi connectivity index (χ3v) is 2.68. The fraction of sp³-hybridized carbons (Fsp3) is 1.00. The van der Waals surface area contributed by atoms with Gasteiger partial charge in [0.2, 0.25) is 0 Å². The zero-order valence-corrected chi connectivity index (χ0v) is 7.28. The van der Waals surface area contributed by atoms with Crippen molar-refractivity contribution in [3.63, 3.8) is 0 Å². The van der Waals surface area contributed by atoms with E-state index in [0.717, 1.165) is 0 Å². The van der Waals surface area contributed by atoms with Gasteiger partial charge in [-0.3, -0.25) is 0 Å². The molecule has 0 aromatic heterocycles. The zero-order chi connectivity index (χ0) is 7.33. The zero-order valence-electron chi connectivity index (χ0n) is 8.28. The Bertz CT molecular complexity index is 52.1. The van der Waals surface area contributed by atoms with Gasteiger partial charge in [-0.05, 0) is 27.7 Å². The van der Waals surface area contributed by atoms with Gasteiger partial charge in [-0.2, -0.15) is 0 Å². The maximum absolute atomic E-state index is 2.27. The van der Waals surface area contributed by atoms with Crippen LogP contribution in [0.15, 0.2) is 0 Å². The Kier molecular flexibility index (Phi) is 3.87. The number of rotatable bonds is 4. The molecule has 0 amide bonds. The molecule has 0 N–H and O–H groups in total. The predicted octanol–water partition coefficient (Wildman–Crippen LogP) is 2.00. The van der Waals surface area contributed by atoms with Crippen LogP contribution in [0.5, 0.6) is 0 Å². The van der Waals surface area contributed by atoms with E-state index in [0.29, 0.717) is 0 Å². The first-order chi connectivity index (χ1) is 4.24. The molecular formula is C8H21N+. The highest BCUT2D eigenvalue weighted by atomic mass is 15.3. The van der Waals surface area contributed by atoms with Crippen LogP contribution in [0.1, 0.15) is 29.1 Å². The van der Waals surface area contributed by atoms with Crippen LogP contribution >= 0.6 is 0 Å². The standard InChI is InChI=1S/C8H20N.H/c1-5-9(6-2,7-3)8-4;/h5-8H2,1-4H3;/q+1;. The number of hydrogen-bond donors (Lipinski definition) is 0. The summed E-state index contributed by atoms with van der Waals surface area (Å²) in [5, 5.41) is 0. The lowest BCUT2D eigenvalue weighted by Gasteiger charge is -2.34. The van der Waals surface area contributed by atoms with E-state index in [1.54, 1.807) is 0 Å². The lowest BCUT2D eigenvalue weighted by molar-refractivity contribution is -0.921. The van der Waals surface area contributed by atoms with Crippen LogP contribution in [-0.2, 0) is 0 Å². The summed E-state index contributed by atoms with van der Waals surface area (Å²) >= 11 is 0. The van der Waals surface area contributed by atoms with E-state index in [4.69, 9.17) is 0 Å². The second-order valence-electron chi connectivity index (χ2n) is 2.61. The molecule has 0 fully saturated rings. The second-order valence-corrected chi connectivity index (χ2v) is 2.61. The largest absolute Gasteiger partial charge is 0.325 e. The summed E-state index contributed by atoms with van der Waals surface area (Å²) < 4.78 is 1.28. The van der Waals surface area contributed by atoms with Crippen molar-refractivity contribution >= 4 is 0 Å². The summed E-state index contributed by atoms with van der Waals surface area (Å²) in [4.78, 5) is 0. The van der Waals surface area contributed by atoms with Crippen molar-refractivity contribution in [1.82, 2.24) is 0 Å². The third kappa shape index (κ3) is 1.98. The van der Waals surface area contributed by atoms with Gasteiger partial charge < -0.3 is 4.48 Å². The van der Waals surface area contributed by atoms with E-state index in [9.17, 15) is 0 Å². The normalized spacial score (nSPS) is 12.0. The van der Waals surface area contributed by atoms with Gasteiger partial charge in [-0.25, -0.2) is 0 Å². The van der Waals surface area contributed by atoms with Gasteiger partial charge in [0.25, 0.3) is 0 Å². The van der Waals surface area contributed by atoms with Gasteiger partial charge in [0, 0.05) is 1.43 Å². The summed E-state index contributed by atoms with van der Waals surface area (Å²) in [7, 11) is 0. The molecular weight excluding hydrogens is 110 g/mol. The molecule has 0 saturated heterocycles. The van der Waals surface area contributed by atoms with Gasteiger partial charge in [0.15, 0.2) is 0 Å². The molecule has 0 aromatic carbocycles. The molecule has 57 valence electrons. The van der Waals surface area contributed by atoms with Crippen molar-refractivity contribution in [2.24, 2.45) is 0 Å². The number of quaternary nitrogens is 1. The Morgan fingerprint density at radius 2 is 1.00 bits per heavy atom. The summed E-state index contributed by atoms with van der Waals surface area (Å²) in [6.07, 6.45) is 0. The first-order valence-electron chi connectivity index (χ1n) is 4.09. The first kappa shape index (κ1) is 8.96. The number of hydrogen-bond acceptors (Lipinski definition) is 0. The van der Waals surface area contributed by atoms with E-state index in [1.165, 1.54) is 30.7 Å². The van der Waals surface area contributed by atoms with Crippen LogP contribution < -0.4 is 0 Å². The molecule has 0 aliphatic carbocycles. The van der Waals surface area contributed by atoms with E-state index in [1.807, 2.05) is 0 Å². The highest BCUT2D eigenvalue weighted by Gasteiger charge is 2.16. The Labute approximate surface area is 60.7 Å². The van der Waals surface area contributed by atoms with Crippen LogP contribution in [-0.4, -0.2) is 30.7 Å². The fourth-order valence-corrected chi connectivity index (χ4v) is 1.34. The molecule has 0 saturated carbocycles. The van der Waals surface area contributed by atoms with Crippen molar-refractivity contribution in [3.8, 4) is 0 Å². The Balaban J connectivity index is 0. The topological polar surface area (TPSA) is 0 Å². The maximum atomic E-state index is 2.27. The second kappa shape index (κ2) is 3.89. The molecule has 1 heteroatoms. The fourth-order valence-electron chi connectivity index (χ4n) is 1.34. The molecule has 0 aliphatic heterocycles. The molecule has 0 atom stereocenters. The minimum atomic E-state index is 0. The molecule has 0 heterocycles. The quantitative estimate of drug-likeness (QED) is 0.512. The molecule has 0 aliphatic rings. The van der Waals surface area contributed by atoms with E-state index < -0.39 is 0 Å². The molecule has 1 radical (unpaired) electrons. The van der Waals surface area contributed by atoms with Gasteiger partial charge in [-0.1, -0.05) is 0 Å². The van der Waals surface area contributed by atoms with Crippen LogP contribution in [0.2, 0.25) is 0 Å². The SMILES string of the molecule is CC[N+](CC)(CC)CC.[H]. The van der Waals surface area contributed by atoms with E-state index >= 15 is 0 Å². The molecule has 0 rings (SSSR count).